The van der Waals surface area contributed by atoms with E-state index in [0.29, 0.717) is 18.2 Å². The van der Waals surface area contributed by atoms with E-state index in [2.05, 4.69) is 33.3 Å². The molecule has 22 heteroatoms. The smallest absolute Gasteiger partial charge is 0.475 e. The maximum atomic E-state index is 13.1. The highest BCUT2D eigenvalue weighted by atomic mass is 19.4. The summed E-state index contributed by atoms with van der Waals surface area (Å²) in [4.78, 5) is 56.9. The molecule has 1 saturated heterocycles. The number of alkyl halides is 9. The number of nitrogens with zero attached hydrogens (tertiary/aromatic N) is 4. The van der Waals surface area contributed by atoms with Crippen LogP contribution in [0.3, 0.4) is 0 Å². The van der Waals surface area contributed by atoms with Gasteiger partial charge >= 0.3 is 36.4 Å². The van der Waals surface area contributed by atoms with E-state index in [9.17, 15) is 44.3 Å². The van der Waals surface area contributed by atoms with Crippen LogP contribution >= 0.6 is 0 Å². The fourth-order valence-electron chi connectivity index (χ4n) is 4.73. The Morgan fingerprint density at radius 1 is 0.863 bits per heavy atom. The molecule has 2 aromatic heterocycles. The van der Waals surface area contributed by atoms with Crippen molar-refractivity contribution in [3.63, 3.8) is 0 Å². The number of pyridine rings is 1. The second kappa shape index (κ2) is 17.8. The SMILES string of the molecule is CN(Cc1nc2c(C(=O)N3CCNCC3)cccc2[nH]1)C1CCCc2cccnc21.O=C(O)C(F)(F)F.O=C(O)C(F)(F)F.O=C(O)C(F)(F)F. The number of amides is 1. The molecule has 1 aliphatic carbocycles. The zero-order valence-electron chi connectivity index (χ0n) is 26.4. The third-order valence-corrected chi connectivity index (χ3v) is 7.02. The van der Waals surface area contributed by atoms with Gasteiger partial charge in [0.05, 0.1) is 29.4 Å². The molecule has 1 unspecified atom stereocenters. The molecule has 5 rings (SSSR count). The number of halogens is 9. The molecule has 5 N–H and O–H groups in total. The van der Waals surface area contributed by atoms with E-state index in [4.69, 9.17) is 34.7 Å². The predicted molar refractivity (Wildman–Crippen MR) is 157 cm³/mol. The molecular formula is C29H31F9N6O7. The van der Waals surface area contributed by atoms with Crippen molar-refractivity contribution in [3.05, 3.63) is 59.2 Å². The number of aromatic nitrogens is 3. The number of hydrogen-bond donors (Lipinski definition) is 5. The first-order chi connectivity index (χ1) is 23.5. The maximum Gasteiger partial charge on any atom is 0.490 e. The summed E-state index contributed by atoms with van der Waals surface area (Å²) in [5.41, 5.74) is 4.92. The van der Waals surface area contributed by atoms with Gasteiger partial charge in [-0.05, 0) is 50.1 Å². The monoisotopic (exact) mass is 746 g/mol. The average molecular weight is 747 g/mol. The van der Waals surface area contributed by atoms with Crippen LogP contribution in [0.15, 0.2) is 36.5 Å². The lowest BCUT2D eigenvalue weighted by molar-refractivity contribution is -0.193. The number of aromatic amines is 1. The van der Waals surface area contributed by atoms with Crippen molar-refractivity contribution < 1.29 is 74.0 Å². The Morgan fingerprint density at radius 2 is 1.39 bits per heavy atom. The Labute approximate surface area is 282 Å². The summed E-state index contributed by atoms with van der Waals surface area (Å²) in [7, 11) is 2.13. The minimum absolute atomic E-state index is 0.0684. The molecule has 0 bridgehead atoms. The number of carbonyl (C=O) groups excluding carboxylic acids is 1. The number of benzene rings is 1. The van der Waals surface area contributed by atoms with Crippen LogP contribution in [0, 0.1) is 0 Å². The third-order valence-electron chi connectivity index (χ3n) is 7.02. The third kappa shape index (κ3) is 13.0. The first-order valence-corrected chi connectivity index (χ1v) is 14.6. The van der Waals surface area contributed by atoms with Crippen LogP contribution in [0.2, 0.25) is 0 Å². The number of aliphatic carboxylic acids is 3. The van der Waals surface area contributed by atoms with E-state index in [0.717, 1.165) is 55.9 Å². The number of carbonyl (C=O) groups is 4. The summed E-state index contributed by atoms with van der Waals surface area (Å²) in [5.74, 6) is -7.32. The average Bonchev–Trinajstić information content (AvgIpc) is 3.46. The van der Waals surface area contributed by atoms with E-state index in [1.165, 1.54) is 17.7 Å². The summed E-state index contributed by atoms with van der Waals surface area (Å²) >= 11 is 0. The van der Waals surface area contributed by atoms with Crippen LogP contribution < -0.4 is 5.32 Å². The van der Waals surface area contributed by atoms with Crippen LogP contribution in [-0.4, -0.2) is 116 Å². The highest BCUT2D eigenvalue weighted by Gasteiger charge is 2.39. The minimum Gasteiger partial charge on any atom is -0.475 e. The van der Waals surface area contributed by atoms with Crippen LogP contribution in [0.5, 0.6) is 0 Å². The molecule has 1 fully saturated rings. The van der Waals surface area contributed by atoms with Crippen molar-refractivity contribution >= 4 is 34.8 Å². The zero-order chi connectivity index (χ0) is 38.7. The first-order valence-electron chi connectivity index (χ1n) is 14.6. The number of H-pyrrole nitrogens is 1. The fraction of sp³-hybridized carbons (Fsp3) is 0.448. The number of hydrogen-bond acceptors (Lipinski definition) is 8. The second-order valence-corrected chi connectivity index (χ2v) is 10.7. The lowest BCUT2D eigenvalue weighted by Crippen LogP contribution is -2.46. The molecule has 1 amide bonds. The number of para-hydroxylation sites is 1. The van der Waals surface area contributed by atoms with Crippen molar-refractivity contribution in [3.8, 4) is 0 Å². The topological polar surface area (TPSA) is 189 Å². The quantitative estimate of drug-likeness (QED) is 0.238. The number of imidazole rings is 1. The lowest BCUT2D eigenvalue weighted by Gasteiger charge is -2.31. The van der Waals surface area contributed by atoms with Gasteiger partial charge < -0.3 is 30.5 Å². The minimum atomic E-state index is -5.08. The van der Waals surface area contributed by atoms with Crippen molar-refractivity contribution in [1.82, 2.24) is 30.1 Å². The normalized spacial score (nSPS) is 16.0. The standard InChI is InChI=1S/C23H28N6O.3C2HF3O2/c1-28(19-9-2-5-16-6-4-10-25-21(16)19)15-20-26-18-8-3-7-17(22(18)27-20)23(30)29-13-11-24-12-14-29;3*3-2(4,5)1(6)7/h3-4,6-8,10,19,24H,2,5,9,11-15H2,1H3,(H,26,27);3*(H,6,7). The number of nitrogens with one attached hydrogen (secondary N) is 2. The van der Waals surface area contributed by atoms with Crippen LogP contribution in [0.4, 0.5) is 39.5 Å². The maximum absolute atomic E-state index is 13.1. The zero-order valence-corrected chi connectivity index (χ0v) is 26.4. The van der Waals surface area contributed by atoms with Gasteiger partial charge in [-0.3, -0.25) is 14.7 Å². The number of carboxylic acid groups (broad SMARTS) is 3. The molecule has 0 radical (unpaired) electrons. The summed E-state index contributed by atoms with van der Waals surface area (Å²) in [5, 5.41) is 24.7. The van der Waals surface area contributed by atoms with Gasteiger partial charge in [0.25, 0.3) is 5.91 Å². The molecule has 2 aliphatic rings. The van der Waals surface area contributed by atoms with Crippen molar-refractivity contribution in [1.29, 1.82) is 0 Å². The van der Waals surface area contributed by atoms with E-state index in [1.807, 2.05) is 35.4 Å². The van der Waals surface area contributed by atoms with E-state index in [1.54, 1.807) is 0 Å². The molecule has 1 aromatic carbocycles. The molecular weight excluding hydrogens is 715 g/mol. The molecule has 1 aliphatic heterocycles. The van der Waals surface area contributed by atoms with Gasteiger partial charge in [0, 0.05) is 32.4 Å². The molecule has 282 valence electrons. The molecule has 0 saturated carbocycles. The van der Waals surface area contributed by atoms with E-state index < -0.39 is 36.4 Å². The summed E-state index contributed by atoms with van der Waals surface area (Å²) in [6.07, 6.45) is -9.97. The van der Waals surface area contributed by atoms with Gasteiger partial charge in [0.15, 0.2) is 0 Å². The Bertz CT molecular complexity index is 1600. The van der Waals surface area contributed by atoms with Crippen molar-refractivity contribution in [2.75, 3.05) is 33.2 Å². The predicted octanol–water partition coefficient (Wildman–Crippen LogP) is 4.41. The summed E-state index contributed by atoms with van der Waals surface area (Å²) < 4.78 is 95.2. The number of fused-ring (bicyclic) bond motifs is 2. The van der Waals surface area contributed by atoms with Gasteiger partial charge in [0.1, 0.15) is 11.3 Å². The van der Waals surface area contributed by atoms with E-state index >= 15 is 0 Å². The number of aryl methyl sites for hydroxylation is 1. The molecule has 13 nitrogen and oxygen atoms in total. The number of rotatable bonds is 4. The molecule has 3 heterocycles. The summed E-state index contributed by atoms with van der Waals surface area (Å²) in [6.45, 7) is 3.85. The van der Waals surface area contributed by atoms with Crippen LogP contribution in [-0.2, 0) is 27.3 Å². The number of carboxylic acids is 3. The largest absolute Gasteiger partial charge is 0.490 e. The lowest BCUT2D eigenvalue weighted by atomic mass is 9.91. The van der Waals surface area contributed by atoms with Gasteiger partial charge in [0.2, 0.25) is 0 Å². The Hall–Kier alpha value is -4.99. The van der Waals surface area contributed by atoms with Gasteiger partial charge in [-0.25, -0.2) is 19.4 Å². The van der Waals surface area contributed by atoms with E-state index in [-0.39, 0.29) is 5.91 Å². The fourth-order valence-corrected chi connectivity index (χ4v) is 4.73. The van der Waals surface area contributed by atoms with Crippen LogP contribution in [0.1, 0.15) is 46.3 Å². The molecule has 1 atom stereocenters. The Balaban J connectivity index is 0.000000352. The van der Waals surface area contributed by atoms with Gasteiger partial charge in [-0.1, -0.05) is 12.1 Å². The highest BCUT2D eigenvalue weighted by Crippen LogP contribution is 2.32. The number of piperazine rings is 1. The van der Waals surface area contributed by atoms with Gasteiger partial charge in [-0.15, -0.1) is 0 Å². The Kier molecular flexibility index (Phi) is 14.7. The molecule has 3 aromatic rings. The highest BCUT2D eigenvalue weighted by molar-refractivity contribution is 6.05. The van der Waals surface area contributed by atoms with Crippen molar-refractivity contribution in [2.24, 2.45) is 0 Å². The first kappa shape index (κ1) is 42.2. The summed E-state index contributed by atoms with van der Waals surface area (Å²) in [6, 6.07) is 10.3. The Morgan fingerprint density at radius 3 is 1.90 bits per heavy atom. The van der Waals surface area contributed by atoms with Gasteiger partial charge in [-0.2, -0.15) is 39.5 Å². The van der Waals surface area contributed by atoms with Crippen LogP contribution in [0.25, 0.3) is 11.0 Å². The molecule has 51 heavy (non-hydrogen) atoms. The second-order valence-electron chi connectivity index (χ2n) is 10.7. The molecule has 0 spiro atoms. The van der Waals surface area contributed by atoms with Crippen molar-refractivity contribution in [2.45, 2.75) is 50.4 Å².